The van der Waals surface area contributed by atoms with Crippen molar-refractivity contribution in [3.63, 3.8) is 0 Å². The van der Waals surface area contributed by atoms with E-state index in [9.17, 15) is 31.1 Å². The van der Waals surface area contributed by atoms with Crippen LogP contribution in [0.2, 0.25) is 0 Å². The van der Waals surface area contributed by atoms with E-state index in [1.807, 2.05) is 44.4 Å². The molecule has 0 bridgehead atoms. The quantitative estimate of drug-likeness (QED) is 0.273. The summed E-state index contributed by atoms with van der Waals surface area (Å²) in [5, 5.41) is 18.2. The monoisotopic (exact) mass is 674 g/mol. The van der Waals surface area contributed by atoms with Crippen LogP contribution >= 0.6 is 0 Å². The second-order valence-corrected chi connectivity index (χ2v) is 10.2. The van der Waals surface area contributed by atoms with Gasteiger partial charge in [0.25, 0.3) is 5.56 Å². The van der Waals surface area contributed by atoms with Crippen molar-refractivity contribution < 1.29 is 56.9 Å². The molecule has 2 aromatic heterocycles. The number of benzene rings is 3. The molecule has 15 heteroatoms. The predicted molar refractivity (Wildman–Crippen MR) is 160 cm³/mol. The molecular weight excluding hydrogens is 646 g/mol. The molecule has 0 radical (unpaired) electrons. The zero-order valence-electron chi connectivity index (χ0n) is 25.3. The molecule has 0 aliphatic rings. The summed E-state index contributed by atoms with van der Waals surface area (Å²) in [4.78, 5) is 39.2. The van der Waals surface area contributed by atoms with E-state index in [4.69, 9.17) is 19.8 Å². The summed E-state index contributed by atoms with van der Waals surface area (Å²) in [6.45, 7) is 0.745. The number of rotatable bonds is 5. The maximum atomic E-state index is 13.0. The Morgan fingerprint density at radius 3 is 1.81 bits per heavy atom. The summed E-state index contributed by atoms with van der Waals surface area (Å²) in [7, 11) is 4.05. The van der Waals surface area contributed by atoms with Crippen LogP contribution in [0.1, 0.15) is 5.56 Å². The number of nitrogens with zero attached hydrogens (tertiary/aromatic N) is 1. The van der Waals surface area contributed by atoms with E-state index in [2.05, 4.69) is 75.2 Å². The van der Waals surface area contributed by atoms with Gasteiger partial charge in [0, 0.05) is 37.1 Å². The molecule has 0 unspecified atom stereocenters. The lowest BCUT2D eigenvalue weighted by Crippen LogP contribution is -2.47. The third-order valence-electron chi connectivity index (χ3n) is 6.69. The van der Waals surface area contributed by atoms with Crippen LogP contribution in [0.3, 0.4) is 0 Å². The Hall–Kier alpha value is -5.70. The molecule has 0 amide bonds. The Labute approximate surface area is 268 Å². The first kappa shape index (κ1) is 36.8. The van der Waals surface area contributed by atoms with Crippen molar-refractivity contribution in [2.75, 3.05) is 19.0 Å². The molecule has 9 nitrogen and oxygen atoms in total. The number of carboxylic acids is 2. The van der Waals surface area contributed by atoms with Crippen LogP contribution in [-0.4, -0.2) is 43.4 Å². The van der Waals surface area contributed by atoms with Crippen LogP contribution in [0.4, 0.5) is 32.0 Å². The number of carbonyl (C=O) groups excluding carboxylic acids is 2. The van der Waals surface area contributed by atoms with E-state index in [0.717, 1.165) is 51.3 Å². The molecule has 0 fully saturated rings. The van der Waals surface area contributed by atoms with Crippen LogP contribution in [0.15, 0.2) is 95.9 Å². The third kappa shape index (κ3) is 9.42. The molecular formula is C33H28F6N4O5. The topological polar surface area (TPSA) is 158 Å². The molecule has 3 aromatic carbocycles. The molecule has 0 atom stereocenters. The van der Waals surface area contributed by atoms with Gasteiger partial charge in [-0.1, -0.05) is 54.6 Å². The highest BCUT2D eigenvalue weighted by atomic mass is 19.4. The number of hydrogen-bond acceptors (Lipinski definition) is 6. The first-order valence-corrected chi connectivity index (χ1v) is 13.8. The molecule has 0 aliphatic carbocycles. The second-order valence-electron chi connectivity index (χ2n) is 10.2. The summed E-state index contributed by atoms with van der Waals surface area (Å²) >= 11 is 0. The van der Waals surface area contributed by atoms with Crippen molar-refractivity contribution in [1.82, 2.24) is 4.98 Å². The van der Waals surface area contributed by atoms with Gasteiger partial charge in [0.1, 0.15) is 17.3 Å². The smallest absolute Gasteiger partial charge is 0.430 e. The zero-order chi connectivity index (χ0) is 35.8. The van der Waals surface area contributed by atoms with Crippen molar-refractivity contribution in [2.45, 2.75) is 18.9 Å². The average Bonchev–Trinajstić information content (AvgIpc) is 3.04. The van der Waals surface area contributed by atoms with Gasteiger partial charge in [0.05, 0.1) is 17.7 Å². The maximum Gasteiger partial charge on any atom is 0.430 e. The minimum absolute atomic E-state index is 0.116. The van der Waals surface area contributed by atoms with Gasteiger partial charge >= 0.3 is 12.4 Å². The number of pyridine rings is 2. The molecule has 5 rings (SSSR count). The number of aliphatic carboxylic acids is 2. The van der Waals surface area contributed by atoms with Gasteiger partial charge in [-0.15, -0.1) is 0 Å². The van der Waals surface area contributed by atoms with Gasteiger partial charge in [-0.05, 0) is 41.5 Å². The Bertz CT molecular complexity index is 1920. The van der Waals surface area contributed by atoms with Gasteiger partial charge in [0.15, 0.2) is 0 Å². The fourth-order valence-corrected chi connectivity index (χ4v) is 4.32. The lowest BCUT2D eigenvalue weighted by Gasteiger charge is -2.14. The highest BCUT2D eigenvalue weighted by Gasteiger charge is 2.29. The molecule has 2 heterocycles. The normalized spacial score (nSPS) is 11.1. The van der Waals surface area contributed by atoms with E-state index < -0.39 is 24.3 Å². The zero-order valence-corrected chi connectivity index (χ0v) is 25.3. The number of anilines is 1. The number of H-pyrrole nitrogens is 2. The van der Waals surface area contributed by atoms with Crippen LogP contribution in [-0.2, 0) is 16.1 Å². The van der Waals surface area contributed by atoms with Gasteiger partial charge in [-0.25, -0.2) is 4.98 Å². The number of halogens is 6. The van der Waals surface area contributed by atoms with E-state index in [0.29, 0.717) is 5.39 Å². The van der Waals surface area contributed by atoms with E-state index in [1.54, 1.807) is 6.20 Å². The summed E-state index contributed by atoms with van der Waals surface area (Å²) in [6.07, 6.45) is -8.59. The van der Waals surface area contributed by atoms with Crippen molar-refractivity contribution in [2.24, 2.45) is 0 Å². The van der Waals surface area contributed by atoms with Gasteiger partial charge < -0.3 is 35.4 Å². The first-order chi connectivity index (χ1) is 22.4. The lowest BCUT2D eigenvalue weighted by atomic mass is 9.95. The van der Waals surface area contributed by atoms with Gasteiger partial charge in [0.2, 0.25) is 11.2 Å². The van der Waals surface area contributed by atoms with E-state index in [-0.39, 0.29) is 5.56 Å². The van der Waals surface area contributed by atoms with Crippen molar-refractivity contribution in [3.05, 3.63) is 107 Å². The fourth-order valence-electron chi connectivity index (χ4n) is 4.32. The number of carboxylic acid groups (broad SMARTS) is 2. The highest BCUT2D eigenvalue weighted by Crippen LogP contribution is 2.33. The number of nitrogens with one attached hydrogen (secondary N) is 2. The Morgan fingerprint density at radius 1 is 0.771 bits per heavy atom. The number of quaternary nitrogens is 1. The fraction of sp³-hybridized carbons (Fsp3) is 0.152. The number of alkyl halides is 6. The van der Waals surface area contributed by atoms with Gasteiger partial charge in [-0.2, -0.15) is 26.3 Å². The van der Waals surface area contributed by atoms with Gasteiger partial charge in [-0.3, -0.25) is 4.79 Å². The number of aromatic nitrogens is 2. The van der Waals surface area contributed by atoms with Crippen LogP contribution in [0, 0.1) is 0 Å². The Kier molecular flexibility index (Phi) is 11.7. The maximum absolute atomic E-state index is 13.0. The summed E-state index contributed by atoms with van der Waals surface area (Å²) in [5.74, 6) is -6.01. The van der Waals surface area contributed by atoms with Crippen LogP contribution in [0.5, 0.6) is 0 Å². The summed E-state index contributed by atoms with van der Waals surface area (Å²) in [5.41, 5.74) is 13.0. The SMILES string of the molecule is CN(C)c1cccc(-c2c[nH]c(=O)c3cc(-c4ccccc4)c(-c4ccc(C[NH3+])cc4)[nH+]c23)c1.O=C([O-])C(F)(F)F.O=C([O-])C(F)(F)F. The third-order valence-corrected chi connectivity index (χ3v) is 6.69. The Balaban J connectivity index is 0.000000376. The molecule has 5 aromatic rings. The molecule has 0 saturated carbocycles. The molecule has 252 valence electrons. The minimum Gasteiger partial charge on any atom is -0.542 e. The van der Waals surface area contributed by atoms with E-state index in [1.165, 1.54) is 5.56 Å². The van der Waals surface area contributed by atoms with Crippen LogP contribution in [0.25, 0.3) is 44.4 Å². The van der Waals surface area contributed by atoms with Crippen molar-refractivity contribution >= 4 is 28.5 Å². The predicted octanol–water partition coefficient (Wildman–Crippen LogP) is 2.75. The van der Waals surface area contributed by atoms with Crippen molar-refractivity contribution in [3.8, 4) is 33.5 Å². The molecule has 0 spiro atoms. The molecule has 5 N–H and O–H groups in total. The Morgan fingerprint density at radius 2 is 1.31 bits per heavy atom. The standard InChI is InChI=1S/C29H26N4O.2C2HF3O2/c1-33(2)23-10-6-9-22(15-23)26-18-31-29(34)25-16-24(20-7-4-3-5-8-20)27(32-28(25)26)21-13-11-19(17-30)12-14-21;2*3-2(4,5)1(6)7/h3-16,18H,17,30H2,1-2H3,(H,31,34);2*(H,6,7). The van der Waals surface area contributed by atoms with E-state index >= 15 is 0 Å². The number of carbonyl (C=O) groups is 2. The van der Waals surface area contributed by atoms with Crippen LogP contribution < -0.4 is 31.4 Å². The number of aromatic amines is 2. The minimum atomic E-state index is -5.19. The average molecular weight is 675 g/mol. The first-order valence-electron chi connectivity index (χ1n) is 13.8. The molecule has 48 heavy (non-hydrogen) atoms. The lowest BCUT2D eigenvalue weighted by molar-refractivity contribution is -0.386. The second kappa shape index (κ2) is 15.3. The molecule has 0 aliphatic heterocycles. The molecule has 0 saturated heterocycles. The van der Waals surface area contributed by atoms with Crippen molar-refractivity contribution in [1.29, 1.82) is 0 Å². The largest absolute Gasteiger partial charge is 0.542 e. The number of hydrogen-bond donors (Lipinski definition) is 2. The number of fused-ring (bicyclic) bond motifs is 1. The summed E-state index contributed by atoms with van der Waals surface area (Å²) < 4.78 is 63.1. The summed E-state index contributed by atoms with van der Waals surface area (Å²) in [6, 6.07) is 28.9. The highest BCUT2D eigenvalue weighted by molar-refractivity contribution is 5.95.